The summed E-state index contributed by atoms with van der Waals surface area (Å²) in [7, 11) is 0. The number of carbonyl (C=O) groups is 1. The van der Waals surface area contributed by atoms with Crippen molar-refractivity contribution in [2.75, 3.05) is 13.2 Å². The molecule has 0 unspecified atom stereocenters. The van der Waals surface area contributed by atoms with Crippen molar-refractivity contribution < 1.29 is 13.9 Å². The minimum atomic E-state index is -0.255. The van der Waals surface area contributed by atoms with Gasteiger partial charge in [-0.25, -0.2) is 4.39 Å². The van der Waals surface area contributed by atoms with Crippen LogP contribution in [0.3, 0.4) is 0 Å². The molecule has 152 valence electrons. The van der Waals surface area contributed by atoms with Crippen molar-refractivity contribution in [2.45, 2.75) is 45.3 Å². The average molecular weight is 394 g/mol. The van der Waals surface area contributed by atoms with Gasteiger partial charge in [-0.1, -0.05) is 18.2 Å². The van der Waals surface area contributed by atoms with E-state index in [4.69, 9.17) is 4.74 Å². The third-order valence-corrected chi connectivity index (χ3v) is 5.54. The highest BCUT2D eigenvalue weighted by atomic mass is 19.1. The van der Waals surface area contributed by atoms with Gasteiger partial charge in [-0.2, -0.15) is 0 Å². The van der Waals surface area contributed by atoms with E-state index in [1.807, 2.05) is 36.9 Å². The van der Waals surface area contributed by atoms with Gasteiger partial charge in [0.1, 0.15) is 5.82 Å². The summed E-state index contributed by atoms with van der Waals surface area (Å²) in [6.45, 7) is 5.36. The van der Waals surface area contributed by atoms with Crippen LogP contribution in [0.4, 0.5) is 4.39 Å². The van der Waals surface area contributed by atoms with Crippen molar-refractivity contribution in [3.63, 3.8) is 0 Å². The van der Waals surface area contributed by atoms with Crippen LogP contribution in [0.25, 0.3) is 22.2 Å². The maximum absolute atomic E-state index is 13.5. The average Bonchev–Trinajstić information content (AvgIpc) is 3.26. The molecule has 5 heteroatoms. The predicted molar refractivity (Wildman–Crippen MR) is 113 cm³/mol. The number of likely N-dealkylation sites (tertiary alicyclic amines) is 1. The summed E-state index contributed by atoms with van der Waals surface area (Å²) in [6.07, 6.45) is 2.35. The zero-order valence-electron chi connectivity index (χ0n) is 17.0. The second-order valence-corrected chi connectivity index (χ2v) is 7.88. The van der Waals surface area contributed by atoms with Crippen LogP contribution < -0.4 is 0 Å². The molecule has 0 bridgehead atoms. The Labute approximate surface area is 170 Å². The third-order valence-electron chi connectivity index (χ3n) is 5.54. The number of nitrogens with zero attached hydrogens (tertiary/aromatic N) is 1. The largest absolute Gasteiger partial charge is 0.379 e. The molecule has 0 spiro atoms. The first-order valence-electron chi connectivity index (χ1n) is 10.3. The number of para-hydroxylation sites is 1. The Hall–Kier alpha value is -2.66. The van der Waals surface area contributed by atoms with Gasteiger partial charge in [0.25, 0.3) is 0 Å². The van der Waals surface area contributed by atoms with Crippen LogP contribution in [0.15, 0.2) is 48.5 Å². The number of amides is 1. The van der Waals surface area contributed by atoms with E-state index >= 15 is 0 Å². The number of aromatic nitrogens is 1. The van der Waals surface area contributed by atoms with Crippen molar-refractivity contribution in [3.8, 4) is 11.3 Å². The number of H-pyrrole nitrogens is 1. The molecule has 1 aromatic heterocycles. The summed E-state index contributed by atoms with van der Waals surface area (Å²) < 4.78 is 19.1. The quantitative estimate of drug-likeness (QED) is 0.542. The summed E-state index contributed by atoms with van der Waals surface area (Å²) in [5.41, 5.74) is 4.06. The predicted octanol–water partition coefficient (Wildman–Crippen LogP) is 5.45. The molecule has 4 nitrogen and oxygen atoms in total. The molecule has 1 aliphatic rings. The maximum Gasteiger partial charge on any atom is 0.223 e. The van der Waals surface area contributed by atoms with Crippen molar-refractivity contribution in [2.24, 2.45) is 0 Å². The molecule has 1 amide bonds. The standard InChI is InChI=1S/C24H27FN2O2/c1-16(2)29-15-5-14-27-21(12-13-22(27)28)23-19-6-3-4-7-20(19)26-24(23)17-8-10-18(25)11-9-17/h3-4,6-11,16,21,26H,5,12-15H2,1-2H3/t21-/m0/s1. The normalized spacial score (nSPS) is 17.0. The van der Waals surface area contributed by atoms with Crippen LogP contribution in [-0.4, -0.2) is 35.0 Å². The Morgan fingerprint density at radius 2 is 1.93 bits per heavy atom. The highest BCUT2D eigenvalue weighted by Gasteiger charge is 2.35. The fourth-order valence-electron chi connectivity index (χ4n) is 4.22. The number of benzene rings is 2. The van der Waals surface area contributed by atoms with Crippen LogP contribution in [0, 0.1) is 5.82 Å². The zero-order valence-corrected chi connectivity index (χ0v) is 17.0. The summed E-state index contributed by atoms with van der Waals surface area (Å²) in [4.78, 5) is 18.2. The maximum atomic E-state index is 13.5. The van der Waals surface area contributed by atoms with Gasteiger partial charge in [0.05, 0.1) is 17.8 Å². The Bertz CT molecular complexity index is 994. The number of ether oxygens (including phenoxy) is 1. The first kappa shape index (κ1) is 19.6. The Morgan fingerprint density at radius 3 is 2.69 bits per heavy atom. The van der Waals surface area contributed by atoms with E-state index < -0.39 is 0 Å². The van der Waals surface area contributed by atoms with Crippen molar-refractivity contribution in [1.82, 2.24) is 9.88 Å². The Kier molecular flexibility index (Phi) is 5.67. The SMILES string of the molecule is CC(C)OCCCN1C(=O)CC[C@H]1c1c(-c2ccc(F)cc2)[nH]c2ccccc12. The van der Waals surface area contributed by atoms with Gasteiger partial charge in [-0.15, -0.1) is 0 Å². The minimum Gasteiger partial charge on any atom is -0.379 e. The molecule has 1 N–H and O–H groups in total. The van der Waals surface area contributed by atoms with Gasteiger partial charge in [0.15, 0.2) is 0 Å². The number of nitrogens with one attached hydrogen (secondary N) is 1. The minimum absolute atomic E-state index is 0.0118. The molecule has 0 radical (unpaired) electrons. The molecule has 1 saturated heterocycles. The molecule has 2 aromatic carbocycles. The molecule has 1 aliphatic heterocycles. The van der Waals surface area contributed by atoms with E-state index in [2.05, 4.69) is 11.1 Å². The number of rotatable bonds is 7. The van der Waals surface area contributed by atoms with Crippen LogP contribution in [-0.2, 0) is 9.53 Å². The van der Waals surface area contributed by atoms with Gasteiger partial charge in [-0.3, -0.25) is 4.79 Å². The van der Waals surface area contributed by atoms with E-state index in [9.17, 15) is 9.18 Å². The van der Waals surface area contributed by atoms with Crippen LogP contribution in [0.5, 0.6) is 0 Å². The topological polar surface area (TPSA) is 45.3 Å². The molecule has 2 heterocycles. The van der Waals surface area contributed by atoms with Crippen LogP contribution in [0.2, 0.25) is 0 Å². The van der Waals surface area contributed by atoms with E-state index in [-0.39, 0.29) is 23.9 Å². The fraction of sp³-hybridized carbons (Fsp3) is 0.375. The highest BCUT2D eigenvalue weighted by Crippen LogP contribution is 2.42. The molecular formula is C24H27FN2O2. The lowest BCUT2D eigenvalue weighted by Crippen LogP contribution is -2.29. The monoisotopic (exact) mass is 394 g/mol. The lowest BCUT2D eigenvalue weighted by Gasteiger charge is -2.26. The molecule has 4 rings (SSSR count). The van der Waals surface area contributed by atoms with Crippen molar-refractivity contribution >= 4 is 16.8 Å². The van der Waals surface area contributed by atoms with E-state index in [0.717, 1.165) is 40.6 Å². The first-order chi connectivity index (χ1) is 14.0. The summed E-state index contributed by atoms with van der Waals surface area (Å²) in [5, 5.41) is 1.12. The number of hydrogen-bond donors (Lipinski definition) is 1. The number of aromatic amines is 1. The van der Waals surface area contributed by atoms with Crippen LogP contribution >= 0.6 is 0 Å². The summed E-state index contributed by atoms with van der Waals surface area (Å²) in [5.74, 6) is -0.0656. The van der Waals surface area contributed by atoms with Gasteiger partial charge in [0.2, 0.25) is 5.91 Å². The van der Waals surface area contributed by atoms with E-state index in [0.29, 0.717) is 19.6 Å². The molecule has 3 aromatic rings. The second kappa shape index (κ2) is 8.37. The van der Waals surface area contributed by atoms with Gasteiger partial charge < -0.3 is 14.6 Å². The lowest BCUT2D eigenvalue weighted by molar-refractivity contribution is -0.129. The van der Waals surface area contributed by atoms with Crippen molar-refractivity contribution in [3.05, 3.63) is 59.9 Å². The summed E-state index contributed by atoms with van der Waals surface area (Å²) in [6, 6.07) is 14.7. The number of fused-ring (bicyclic) bond motifs is 1. The first-order valence-corrected chi connectivity index (χ1v) is 10.3. The molecular weight excluding hydrogens is 367 g/mol. The highest BCUT2D eigenvalue weighted by molar-refractivity contribution is 5.92. The van der Waals surface area contributed by atoms with Gasteiger partial charge in [0, 0.05) is 36.0 Å². The Morgan fingerprint density at radius 1 is 1.17 bits per heavy atom. The van der Waals surface area contributed by atoms with Crippen LogP contribution in [0.1, 0.15) is 44.7 Å². The Balaban J connectivity index is 1.70. The number of hydrogen-bond acceptors (Lipinski definition) is 2. The summed E-state index contributed by atoms with van der Waals surface area (Å²) >= 11 is 0. The molecule has 1 atom stereocenters. The number of carbonyl (C=O) groups excluding carboxylic acids is 1. The lowest BCUT2D eigenvalue weighted by atomic mass is 9.97. The smallest absolute Gasteiger partial charge is 0.223 e. The van der Waals surface area contributed by atoms with Crippen molar-refractivity contribution in [1.29, 1.82) is 0 Å². The molecule has 1 fully saturated rings. The van der Waals surface area contributed by atoms with E-state index in [1.165, 1.54) is 12.1 Å². The third kappa shape index (κ3) is 4.06. The number of halogens is 1. The molecule has 29 heavy (non-hydrogen) atoms. The van der Waals surface area contributed by atoms with Gasteiger partial charge in [-0.05, 0) is 62.6 Å². The fourth-order valence-corrected chi connectivity index (χ4v) is 4.22. The molecule has 0 saturated carbocycles. The zero-order chi connectivity index (χ0) is 20.4. The van der Waals surface area contributed by atoms with E-state index in [1.54, 1.807) is 12.1 Å². The van der Waals surface area contributed by atoms with Gasteiger partial charge >= 0.3 is 0 Å². The second-order valence-electron chi connectivity index (χ2n) is 7.88. The molecule has 0 aliphatic carbocycles.